The summed E-state index contributed by atoms with van der Waals surface area (Å²) in [4.78, 5) is 16.9. The van der Waals surface area contributed by atoms with E-state index in [0.29, 0.717) is 11.3 Å². The zero-order chi connectivity index (χ0) is 17.1. The van der Waals surface area contributed by atoms with Crippen LogP contribution in [0.15, 0.2) is 47.5 Å². The van der Waals surface area contributed by atoms with Gasteiger partial charge in [0.15, 0.2) is 0 Å². The van der Waals surface area contributed by atoms with Crippen LogP contribution in [0.4, 0.5) is 15.8 Å². The normalized spacial score (nSPS) is 14.5. The molecule has 0 aliphatic carbocycles. The molecule has 1 aliphatic heterocycles. The van der Waals surface area contributed by atoms with Crippen LogP contribution in [-0.4, -0.2) is 15.5 Å². The molecule has 0 spiro atoms. The maximum absolute atomic E-state index is 13.6. The summed E-state index contributed by atoms with van der Waals surface area (Å²) in [5, 5.41) is 2.44. The van der Waals surface area contributed by atoms with Crippen LogP contribution in [0.3, 0.4) is 0 Å². The number of nitrogens with zero attached hydrogens (tertiary/aromatic N) is 1. The number of carbonyl (C=O) groups is 1. The minimum Gasteiger partial charge on any atom is -0.325 e. The van der Waals surface area contributed by atoms with Gasteiger partial charge in [-0.05, 0) is 43.2 Å². The van der Waals surface area contributed by atoms with Crippen molar-refractivity contribution in [3.8, 4) is 0 Å². The SMILES string of the molecule is Cc1ccc(NC(=O)C(C)SC2=Nc3ccccc3CS2)cc1F. The Kier molecular flexibility index (Phi) is 5.26. The summed E-state index contributed by atoms with van der Waals surface area (Å²) in [5.74, 6) is 0.377. The summed E-state index contributed by atoms with van der Waals surface area (Å²) in [6, 6.07) is 12.7. The Bertz CT molecular complexity index is 807. The fourth-order valence-electron chi connectivity index (χ4n) is 2.19. The number of thioether (sulfide) groups is 2. The first-order chi connectivity index (χ1) is 11.5. The summed E-state index contributed by atoms with van der Waals surface area (Å²) < 4.78 is 14.4. The molecule has 24 heavy (non-hydrogen) atoms. The molecule has 6 heteroatoms. The first-order valence-corrected chi connectivity index (χ1v) is 9.42. The van der Waals surface area contributed by atoms with Crippen LogP contribution < -0.4 is 5.32 Å². The monoisotopic (exact) mass is 360 g/mol. The number of benzene rings is 2. The van der Waals surface area contributed by atoms with Gasteiger partial charge in [0.25, 0.3) is 0 Å². The summed E-state index contributed by atoms with van der Waals surface area (Å²) >= 11 is 3.06. The Morgan fingerprint density at radius 1 is 1.33 bits per heavy atom. The van der Waals surface area contributed by atoms with Crippen molar-refractivity contribution in [3.05, 3.63) is 59.4 Å². The van der Waals surface area contributed by atoms with Gasteiger partial charge >= 0.3 is 0 Å². The second-order valence-corrected chi connectivity index (χ2v) is 8.06. The number of amides is 1. The summed E-state index contributed by atoms with van der Waals surface area (Å²) in [6.45, 7) is 3.52. The van der Waals surface area contributed by atoms with E-state index >= 15 is 0 Å². The lowest BCUT2D eigenvalue weighted by Crippen LogP contribution is -2.23. The van der Waals surface area contributed by atoms with Gasteiger partial charge in [0, 0.05) is 11.4 Å². The van der Waals surface area contributed by atoms with Crippen LogP contribution >= 0.6 is 23.5 Å². The van der Waals surface area contributed by atoms with Crippen molar-refractivity contribution in [2.24, 2.45) is 4.99 Å². The predicted octanol–water partition coefficient (Wildman–Crippen LogP) is 5.13. The van der Waals surface area contributed by atoms with Gasteiger partial charge in [-0.25, -0.2) is 9.38 Å². The number of fused-ring (bicyclic) bond motifs is 1. The van der Waals surface area contributed by atoms with Crippen LogP contribution in [0.2, 0.25) is 0 Å². The molecule has 0 fully saturated rings. The maximum Gasteiger partial charge on any atom is 0.237 e. The molecular formula is C18H17FN2OS2. The minimum absolute atomic E-state index is 0.162. The molecule has 124 valence electrons. The quantitative estimate of drug-likeness (QED) is 0.825. The van der Waals surface area contributed by atoms with Crippen LogP contribution in [-0.2, 0) is 10.5 Å². The van der Waals surface area contributed by atoms with Gasteiger partial charge in [0.05, 0.1) is 10.9 Å². The molecule has 3 nitrogen and oxygen atoms in total. The number of hydrogen-bond acceptors (Lipinski definition) is 4. The highest BCUT2D eigenvalue weighted by Crippen LogP contribution is 2.35. The number of rotatable bonds is 3. The Balaban J connectivity index is 1.64. The average molecular weight is 360 g/mol. The van der Waals surface area contributed by atoms with E-state index < -0.39 is 0 Å². The minimum atomic E-state index is -0.322. The third-order valence-electron chi connectivity index (χ3n) is 3.64. The number of para-hydroxylation sites is 1. The molecule has 0 saturated heterocycles. The first-order valence-electron chi connectivity index (χ1n) is 7.56. The number of aryl methyl sites for hydroxylation is 1. The summed E-state index contributed by atoms with van der Waals surface area (Å²) in [6.07, 6.45) is 0. The Morgan fingerprint density at radius 3 is 2.92 bits per heavy atom. The molecule has 1 N–H and O–H groups in total. The van der Waals surface area contributed by atoms with Crippen molar-refractivity contribution in [2.45, 2.75) is 24.9 Å². The van der Waals surface area contributed by atoms with E-state index in [4.69, 9.17) is 0 Å². The molecule has 2 aromatic rings. The lowest BCUT2D eigenvalue weighted by Gasteiger charge is -2.17. The molecule has 0 radical (unpaired) electrons. The van der Waals surface area contributed by atoms with Gasteiger partial charge in [-0.1, -0.05) is 47.8 Å². The van der Waals surface area contributed by atoms with Crippen LogP contribution in [0, 0.1) is 12.7 Å². The zero-order valence-corrected chi connectivity index (χ0v) is 15.0. The smallest absolute Gasteiger partial charge is 0.237 e. The first kappa shape index (κ1) is 17.0. The van der Waals surface area contributed by atoms with Crippen molar-refractivity contribution in [1.29, 1.82) is 0 Å². The Hall–Kier alpha value is -1.79. The molecule has 1 unspecified atom stereocenters. The molecule has 0 bridgehead atoms. The van der Waals surface area contributed by atoms with Gasteiger partial charge in [-0.15, -0.1) is 0 Å². The standard InChI is InChI=1S/C18H17FN2OS2/c1-11-7-8-14(9-15(11)19)20-17(22)12(2)24-18-21-16-6-4-3-5-13(16)10-23-18/h3-9,12H,10H2,1-2H3,(H,20,22). The Morgan fingerprint density at radius 2 is 2.12 bits per heavy atom. The number of halogens is 1. The van der Waals surface area contributed by atoms with Crippen molar-refractivity contribution >= 4 is 45.2 Å². The summed E-state index contributed by atoms with van der Waals surface area (Å²) in [7, 11) is 0. The van der Waals surface area contributed by atoms with Crippen molar-refractivity contribution in [1.82, 2.24) is 0 Å². The van der Waals surface area contributed by atoms with Crippen molar-refractivity contribution in [3.63, 3.8) is 0 Å². The van der Waals surface area contributed by atoms with E-state index in [-0.39, 0.29) is 17.0 Å². The van der Waals surface area contributed by atoms with Gasteiger partial charge in [0.2, 0.25) is 5.91 Å². The molecule has 1 amide bonds. The van der Waals surface area contributed by atoms with Crippen LogP contribution in [0.1, 0.15) is 18.1 Å². The lowest BCUT2D eigenvalue weighted by atomic mass is 10.2. The van der Waals surface area contributed by atoms with Gasteiger partial charge in [-0.2, -0.15) is 0 Å². The second kappa shape index (κ2) is 7.40. The lowest BCUT2D eigenvalue weighted by molar-refractivity contribution is -0.115. The molecule has 1 heterocycles. The van der Waals surface area contributed by atoms with E-state index in [1.807, 2.05) is 25.1 Å². The topological polar surface area (TPSA) is 41.5 Å². The zero-order valence-electron chi connectivity index (χ0n) is 13.4. The largest absolute Gasteiger partial charge is 0.325 e. The molecule has 1 aliphatic rings. The van der Waals surface area contributed by atoms with Crippen molar-refractivity contribution < 1.29 is 9.18 Å². The van der Waals surface area contributed by atoms with Crippen LogP contribution in [0.5, 0.6) is 0 Å². The highest BCUT2D eigenvalue weighted by molar-refractivity contribution is 8.39. The fraction of sp³-hybridized carbons (Fsp3) is 0.222. The van der Waals surface area contributed by atoms with Crippen LogP contribution in [0.25, 0.3) is 0 Å². The van der Waals surface area contributed by atoms with E-state index in [1.165, 1.54) is 23.4 Å². The second-order valence-electron chi connectivity index (χ2n) is 5.51. The fourth-order valence-corrected chi connectivity index (χ4v) is 4.38. The number of aliphatic imine (C=N–C) groups is 1. The van der Waals surface area contributed by atoms with Gasteiger partial charge in [0.1, 0.15) is 10.2 Å². The molecule has 0 saturated carbocycles. The third kappa shape index (κ3) is 3.99. The third-order valence-corrected chi connectivity index (χ3v) is 5.94. The molecule has 3 rings (SSSR count). The van der Waals surface area contributed by atoms with Gasteiger partial charge in [-0.3, -0.25) is 4.79 Å². The van der Waals surface area contributed by atoms with E-state index in [2.05, 4.69) is 16.4 Å². The Labute approximate surface area is 149 Å². The van der Waals surface area contributed by atoms with E-state index in [9.17, 15) is 9.18 Å². The predicted molar refractivity (Wildman–Crippen MR) is 102 cm³/mol. The number of carbonyl (C=O) groups excluding carboxylic acids is 1. The average Bonchev–Trinajstić information content (AvgIpc) is 2.58. The highest BCUT2D eigenvalue weighted by atomic mass is 32.2. The van der Waals surface area contributed by atoms with E-state index in [1.54, 1.807) is 30.8 Å². The summed E-state index contributed by atoms with van der Waals surface area (Å²) in [5.41, 5.74) is 3.20. The molecule has 1 atom stereocenters. The van der Waals surface area contributed by atoms with Crippen molar-refractivity contribution in [2.75, 3.05) is 5.32 Å². The van der Waals surface area contributed by atoms with Gasteiger partial charge < -0.3 is 5.32 Å². The number of nitrogens with one attached hydrogen (secondary N) is 1. The molecular weight excluding hydrogens is 343 g/mol. The number of hydrogen-bond donors (Lipinski definition) is 1. The highest BCUT2D eigenvalue weighted by Gasteiger charge is 2.20. The molecule has 2 aromatic carbocycles. The van der Waals surface area contributed by atoms with E-state index in [0.717, 1.165) is 15.8 Å². The maximum atomic E-state index is 13.6. The molecule has 0 aromatic heterocycles. The number of anilines is 1.